The normalized spacial score (nSPS) is 25.2. The maximum Gasteiger partial charge on any atom is 0.244 e. The summed E-state index contributed by atoms with van der Waals surface area (Å²) >= 11 is 1.70. The second-order valence-electron chi connectivity index (χ2n) is 6.19. The van der Waals surface area contributed by atoms with E-state index < -0.39 is 0 Å². The summed E-state index contributed by atoms with van der Waals surface area (Å²) in [5, 5.41) is 7.90. The van der Waals surface area contributed by atoms with Crippen LogP contribution in [0.4, 0.5) is 0 Å². The van der Waals surface area contributed by atoms with Gasteiger partial charge in [-0.2, -0.15) is 11.3 Å². The molecule has 1 saturated carbocycles. The molecule has 1 unspecified atom stereocenters. The average Bonchev–Trinajstić information content (AvgIpc) is 3.13. The lowest BCUT2D eigenvalue weighted by Gasteiger charge is -2.25. The maximum atomic E-state index is 12.9. The molecule has 0 radical (unpaired) electrons. The molecule has 0 aromatic carbocycles. The molecule has 2 aliphatic rings. The molecule has 110 valence electrons. The van der Waals surface area contributed by atoms with Crippen LogP contribution in [0, 0.1) is 0 Å². The average molecular weight is 293 g/mol. The fraction of sp³-hybridized carbons (Fsp3) is 0.667. The predicted molar refractivity (Wildman–Crippen MR) is 81.7 cm³/mol. The fourth-order valence-corrected chi connectivity index (χ4v) is 4.04. The fourth-order valence-electron chi connectivity index (χ4n) is 3.36. The molecule has 4 nitrogen and oxygen atoms in total. The Kier molecular flexibility index (Phi) is 3.84. The Hall–Kier alpha value is -0.910. The standard InChI is InChI=1S/C15H23N3OS/c1-17(2)8-9-18-13(12-5-10-20-11-12)16-15(14(18)19)6-3-4-7-15/h5,10-11,13,16H,3-4,6-9H2,1-2H3. The number of likely N-dealkylation sites (N-methyl/N-ethyl adjacent to an activating group) is 1. The largest absolute Gasteiger partial charge is 0.320 e. The summed E-state index contributed by atoms with van der Waals surface area (Å²) in [6.07, 6.45) is 4.37. The van der Waals surface area contributed by atoms with Gasteiger partial charge in [-0.05, 0) is 49.3 Å². The summed E-state index contributed by atoms with van der Waals surface area (Å²) < 4.78 is 0. The van der Waals surface area contributed by atoms with Gasteiger partial charge in [0.1, 0.15) is 6.17 Å². The number of nitrogens with one attached hydrogen (secondary N) is 1. The van der Waals surface area contributed by atoms with Crippen molar-refractivity contribution in [3.8, 4) is 0 Å². The molecule has 0 bridgehead atoms. The van der Waals surface area contributed by atoms with E-state index in [4.69, 9.17) is 0 Å². The van der Waals surface area contributed by atoms with E-state index in [0.717, 1.165) is 38.8 Å². The molecule has 1 aromatic heterocycles. The topological polar surface area (TPSA) is 35.6 Å². The summed E-state index contributed by atoms with van der Waals surface area (Å²) in [7, 11) is 4.11. The van der Waals surface area contributed by atoms with Gasteiger partial charge >= 0.3 is 0 Å². The number of carbonyl (C=O) groups is 1. The van der Waals surface area contributed by atoms with Gasteiger partial charge < -0.3 is 9.80 Å². The third-order valence-corrected chi connectivity index (χ3v) is 5.20. The van der Waals surface area contributed by atoms with Crippen molar-refractivity contribution in [2.45, 2.75) is 37.4 Å². The first-order valence-corrected chi connectivity index (χ1v) is 8.32. The molecule has 1 aromatic rings. The smallest absolute Gasteiger partial charge is 0.244 e. The number of hydrogen-bond donors (Lipinski definition) is 1. The van der Waals surface area contributed by atoms with Crippen LogP contribution in [0.1, 0.15) is 37.4 Å². The van der Waals surface area contributed by atoms with Gasteiger partial charge in [0.2, 0.25) is 5.91 Å². The molecular formula is C15H23N3OS. The number of carbonyl (C=O) groups excluding carboxylic acids is 1. The highest BCUT2D eigenvalue weighted by atomic mass is 32.1. The van der Waals surface area contributed by atoms with Gasteiger partial charge in [-0.25, -0.2) is 0 Å². The van der Waals surface area contributed by atoms with E-state index in [-0.39, 0.29) is 11.7 Å². The zero-order valence-corrected chi connectivity index (χ0v) is 13.1. The summed E-state index contributed by atoms with van der Waals surface area (Å²) in [5.41, 5.74) is 0.949. The molecule has 2 heterocycles. The number of rotatable bonds is 4. The zero-order chi connectivity index (χ0) is 14.2. The van der Waals surface area contributed by atoms with Gasteiger partial charge in [0, 0.05) is 13.1 Å². The van der Waals surface area contributed by atoms with Crippen LogP contribution in [-0.4, -0.2) is 48.4 Å². The maximum absolute atomic E-state index is 12.9. The van der Waals surface area contributed by atoms with E-state index in [9.17, 15) is 4.79 Å². The second kappa shape index (κ2) is 5.47. The van der Waals surface area contributed by atoms with Crippen molar-refractivity contribution in [3.63, 3.8) is 0 Å². The van der Waals surface area contributed by atoms with Crippen molar-refractivity contribution >= 4 is 17.2 Å². The third-order valence-electron chi connectivity index (χ3n) is 4.50. The number of nitrogens with zero attached hydrogens (tertiary/aromatic N) is 2. The highest BCUT2D eigenvalue weighted by molar-refractivity contribution is 7.07. The Labute approximate surface area is 124 Å². The molecule has 1 saturated heterocycles. The van der Waals surface area contributed by atoms with Crippen molar-refractivity contribution in [1.29, 1.82) is 0 Å². The molecule has 1 spiro atoms. The van der Waals surface area contributed by atoms with Gasteiger partial charge in [-0.1, -0.05) is 12.8 Å². The second-order valence-corrected chi connectivity index (χ2v) is 6.97. The van der Waals surface area contributed by atoms with Gasteiger partial charge in [0.05, 0.1) is 5.54 Å². The molecule has 5 heteroatoms. The number of thiophene rings is 1. The van der Waals surface area contributed by atoms with Gasteiger partial charge in [-0.15, -0.1) is 0 Å². The molecule has 2 fully saturated rings. The van der Waals surface area contributed by atoms with Crippen molar-refractivity contribution < 1.29 is 4.79 Å². The van der Waals surface area contributed by atoms with Crippen molar-refractivity contribution in [2.24, 2.45) is 0 Å². The number of amides is 1. The molecule has 1 N–H and O–H groups in total. The zero-order valence-electron chi connectivity index (χ0n) is 12.3. The van der Waals surface area contributed by atoms with Crippen LogP contribution >= 0.6 is 11.3 Å². The molecule has 1 aliphatic heterocycles. The van der Waals surface area contributed by atoms with E-state index >= 15 is 0 Å². The minimum atomic E-state index is -0.279. The lowest BCUT2D eigenvalue weighted by molar-refractivity contribution is -0.133. The lowest BCUT2D eigenvalue weighted by Crippen LogP contribution is -2.44. The van der Waals surface area contributed by atoms with Crippen LogP contribution in [0.5, 0.6) is 0 Å². The first-order valence-electron chi connectivity index (χ1n) is 7.38. The van der Waals surface area contributed by atoms with Gasteiger partial charge in [0.25, 0.3) is 0 Å². The Morgan fingerprint density at radius 3 is 2.80 bits per heavy atom. The molecule has 1 aliphatic carbocycles. The Bertz CT molecular complexity index is 465. The molecular weight excluding hydrogens is 270 g/mol. The summed E-state index contributed by atoms with van der Waals surface area (Å²) in [6, 6.07) is 2.13. The molecule has 1 amide bonds. The number of hydrogen-bond acceptors (Lipinski definition) is 4. The van der Waals surface area contributed by atoms with Crippen molar-refractivity contribution in [2.75, 3.05) is 27.2 Å². The van der Waals surface area contributed by atoms with Crippen LogP contribution in [0.25, 0.3) is 0 Å². The highest BCUT2D eigenvalue weighted by Crippen LogP contribution is 2.40. The van der Waals surface area contributed by atoms with Crippen LogP contribution in [0.2, 0.25) is 0 Å². The third kappa shape index (κ3) is 2.38. The van der Waals surface area contributed by atoms with Crippen LogP contribution < -0.4 is 5.32 Å². The van der Waals surface area contributed by atoms with E-state index in [1.165, 1.54) is 5.56 Å². The summed E-state index contributed by atoms with van der Waals surface area (Å²) in [6.45, 7) is 1.70. The Balaban J connectivity index is 1.84. The SMILES string of the molecule is CN(C)CCN1C(=O)C2(CCCC2)NC1c1ccsc1. The molecule has 1 atom stereocenters. The monoisotopic (exact) mass is 293 g/mol. The quantitative estimate of drug-likeness (QED) is 0.923. The van der Waals surface area contributed by atoms with Gasteiger partial charge in [-0.3, -0.25) is 10.1 Å². The predicted octanol–water partition coefficient (Wildman–Crippen LogP) is 2.05. The first-order chi connectivity index (χ1) is 9.62. The molecule has 20 heavy (non-hydrogen) atoms. The van der Waals surface area contributed by atoms with E-state index in [2.05, 4.69) is 41.1 Å². The minimum absolute atomic E-state index is 0.0619. The van der Waals surface area contributed by atoms with E-state index in [1.54, 1.807) is 11.3 Å². The van der Waals surface area contributed by atoms with Crippen molar-refractivity contribution in [3.05, 3.63) is 22.4 Å². The van der Waals surface area contributed by atoms with Gasteiger partial charge in [0.15, 0.2) is 0 Å². The van der Waals surface area contributed by atoms with Crippen molar-refractivity contribution in [1.82, 2.24) is 15.1 Å². The van der Waals surface area contributed by atoms with E-state index in [0.29, 0.717) is 5.91 Å². The Morgan fingerprint density at radius 1 is 1.45 bits per heavy atom. The molecule has 3 rings (SSSR count). The lowest BCUT2D eigenvalue weighted by atomic mass is 9.98. The minimum Gasteiger partial charge on any atom is -0.320 e. The highest BCUT2D eigenvalue weighted by Gasteiger charge is 2.52. The Morgan fingerprint density at radius 2 is 2.20 bits per heavy atom. The van der Waals surface area contributed by atoms with Crippen LogP contribution in [0.3, 0.4) is 0 Å². The summed E-state index contributed by atoms with van der Waals surface area (Å²) in [5.74, 6) is 0.313. The van der Waals surface area contributed by atoms with Crippen LogP contribution in [0.15, 0.2) is 16.8 Å². The van der Waals surface area contributed by atoms with E-state index in [1.807, 2.05) is 4.90 Å². The summed E-state index contributed by atoms with van der Waals surface area (Å²) in [4.78, 5) is 17.1. The first kappa shape index (κ1) is 14.0. The van der Waals surface area contributed by atoms with Crippen LogP contribution in [-0.2, 0) is 4.79 Å².